The predicted molar refractivity (Wildman–Crippen MR) is 132 cm³/mol. The van der Waals surface area contributed by atoms with Gasteiger partial charge in [0.05, 0.1) is 6.04 Å². The van der Waals surface area contributed by atoms with E-state index < -0.39 is 0 Å². The summed E-state index contributed by atoms with van der Waals surface area (Å²) in [6.07, 6.45) is 0. The van der Waals surface area contributed by atoms with Crippen LogP contribution in [0.4, 0.5) is 10.9 Å². The van der Waals surface area contributed by atoms with Gasteiger partial charge in [-0.25, -0.2) is 9.97 Å². The molecule has 0 bridgehead atoms. The summed E-state index contributed by atoms with van der Waals surface area (Å²) >= 11 is 7.68. The van der Waals surface area contributed by atoms with Crippen molar-refractivity contribution in [3.05, 3.63) is 105 Å². The molecule has 32 heavy (non-hydrogen) atoms. The Hall–Kier alpha value is -3.22. The predicted octanol–water partition coefficient (Wildman–Crippen LogP) is 6.57. The molecule has 2 aromatic carbocycles. The maximum atomic E-state index is 12.9. The van der Waals surface area contributed by atoms with Crippen molar-refractivity contribution in [2.75, 3.05) is 10.6 Å². The van der Waals surface area contributed by atoms with Crippen LogP contribution in [0, 0.1) is 20.8 Å². The average molecular weight is 463 g/mol. The van der Waals surface area contributed by atoms with E-state index in [0.29, 0.717) is 16.5 Å². The molecule has 7 heteroatoms. The molecule has 2 N–H and O–H groups in total. The lowest BCUT2D eigenvalue weighted by Crippen LogP contribution is -2.18. The van der Waals surface area contributed by atoms with Crippen molar-refractivity contribution in [1.29, 1.82) is 0 Å². The highest BCUT2D eigenvalue weighted by molar-refractivity contribution is 7.16. The number of nitrogens with one attached hydrogen (secondary N) is 2. The Balaban J connectivity index is 1.74. The summed E-state index contributed by atoms with van der Waals surface area (Å²) in [5.41, 5.74) is 4.31. The summed E-state index contributed by atoms with van der Waals surface area (Å²) in [6.45, 7) is 5.91. The lowest BCUT2D eigenvalue weighted by molar-refractivity contribution is 0.102. The molecule has 0 saturated heterocycles. The van der Waals surface area contributed by atoms with E-state index in [0.717, 1.165) is 32.4 Å². The molecular weight excluding hydrogens is 440 g/mol. The number of nitrogens with zero attached hydrogens (tertiary/aromatic N) is 2. The van der Waals surface area contributed by atoms with Crippen LogP contribution in [0.2, 0.25) is 5.02 Å². The van der Waals surface area contributed by atoms with Crippen LogP contribution in [0.3, 0.4) is 0 Å². The van der Waals surface area contributed by atoms with Crippen LogP contribution in [0.15, 0.2) is 66.7 Å². The van der Waals surface area contributed by atoms with E-state index in [9.17, 15) is 4.79 Å². The fraction of sp³-hybridized carbons (Fsp3) is 0.160. The molecule has 162 valence electrons. The number of carbonyl (C=O) groups excluding carboxylic acids is 1. The molecule has 0 aliphatic carbocycles. The number of aromatic nitrogens is 2. The van der Waals surface area contributed by atoms with Gasteiger partial charge in [0.2, 0.25) is 5.95 Å². The van der Waals surface area contributed by atoms with Crippen LogP contribution in [0.1, 0.15) is 43.8 Å². The quantitative estimate of drug-likeness (QED) is 0.340. The molecule has 1 amide bonds. The second-order valence-corrected chi connectivity index (χ2v) is 9.26. The van der Waals surface area contributed by atoms with Gasteiger partial charge in [-0.2, -0.15) is 0 Å². The zero-order valence-corrected chi connectivity index (χ0v) is 19.6. The maximum Gasteiger partial charge on any atom is 0.256 e. The van der Waals surface area contributed by atoms with Crippen LogP contribution in [0.25, 0.3) is 0 Å². The van der Waals surface area contributed by atoms with Crippen LogP contribution in [0.5, 0.6) is 0 Å². The van der Waals surface area contributed by atoms with Gasteiger partial charge in [0.15, 0.2) is 0 Å². The summed E-state index contributed by atoms with van der Waals surface area (Å²) in [6, 6.07) is 20.6. The van der Waals surface area contributed by atoms with Crippen molar-refractivity contribution in [3.63, 3.8) is 0 Å². The number of anilines is 2. The smallest absolute Gasteiger partial charge is 0.256 e. The fourth-order valence-electron chi connectivity index (χ4n) is 3.53. The Morgan fingerprint density at radius 2 is 1.59 bits per heavy atom. The summed E-state index contributed by atoms with van der Waals surface area (Å²) < 4.78 is 0. The zero-order valence-electron chi connectivity index (χ0n) is 18.0. The van der Waals surface area contributed by atoms with E-state index in [1.54, 1.807) is 23.5 Å². The number of thiophene rings is 1. The highest BCUT2D eigenvalue weighted by Crippen LogP contribution is 2.37. The molecule has 0 spiro atoms. The van der Waals surface area contributed by atoms with Gasteiger partial charge in [-0.05, 0) is 62.7 Å². The van der Waals surface area contributed by atoms with Gasteiger partial charge in [0.1, 0.15) is 5.00 Å². The molecule has 4 aromatic rings. The lowest BCUT2D eigenvalue weighted by Gasteiger charge is -2.21. The third-order valence-electron chi connectivity index (χ3n) is 4.92. The van der Waals surface area contributed by atoms with Crippen LogP contribution >= 0.6 is 22.9 Å². The van der Waals surface area contributed by atoms with Crippen molar-refractivity contribution in [2.45, 2.75) is 26.8 Å². The molecule has 4 rings (SSSR count). The number of hydrogen-bond donors (Lipinski definition) is 2. The fourth-order valence-corrected chi connectivity index (χ4v) is 4.60. The van der Waals surface area contributed by atoms with E-state index in [1.807, 2.05) is 69.3 Å². The second-order valence-electron chi connectivity index (χ2n) is 7.56. The SMILES string of the molecule is Cc1cc(C)nc(N[C@@H](c2ccc(Cl)cc2)c2cc(C)sc2NC(=O)c2ccccc2)n1. The summed E-state index contributed by atoms with van der Waals surface area (Å²) in [4.78, 5) is 23.1. The van der Waals surface area contributed by atoms with Gasteiger partial charge in [0, 0.05) is 32.4 Å². The number of carbonyl (C=O) groups is 1. The highest BCUT2D eigenvalue weighted by atomic mass is 35.5. The lowest BCUT2D eigenvalue weighted by atomic mass is 10.00. The second kappa shape index (κ2) is 9.51. The Bertz CT molecular complexity index is 1220. The van der Waals surface area contributed by atoms with Gasteiger partial charge in [0.25, 0.3) is 5.91 Å². The molecule has 0 saturated carbocycles. The summed E-state index contributed by atoms with van der Waals surface area (Å²) in [7, 11) is 0. The van der Waals surface area contributed by atoms with Gasteiger partial charge in [-0.1, -0.05) is 41.9 Å². The highest BCUT2D eigenvalue weighted by Gasteiger charge is 2.23. The van der Waals surface area contributed by atoms with Gasteiger partial charge >= 0.3 is 0 Å². The molecule has 0 unspecified atom stereocenters. The molecular formula is C25H23ClN4OS. The Morgan fingerprint density at radius 3 is 2.25 bits per heavy atom. The molecule has 0 fully saturated rings. The molecule has 1 atom stereocenters. The van der Waals surface area contributed by atoms with E-state index in [-0.39, 0.29) is 11.9 Å². The monoisotopic (exact) mass is 462 g/mol. The first-order chi connectivity index (χ1) is 15.4. The first-order valence-corrected chi connectivity index (χ1v) is 11.4. The van der Waals surface area contributed by atoms with Crippen LogP contribution < -0.4 is 10.6 Å². The van der Waals surface area contributed by atoms with Crippen molar-refractivity contribution < 1.29 is 4.79 Å². The van der Waals surface area contributed by atoms with Gasteiger partial charge in [-0.3, -0.25) is 4.79 Å². The molecule has 0 aliphatic rings. The zero-order chi connectivity index (χ0) is 22.7. The minimum Gasteiger partial charge on any atom is -0.343 e. The number of halogens is 1. The Labute approximate surface area is 196 Å². The van der Waals surface area contributed by atoms with Crippen molar-refractivity contribution in [1.82, 2.24) is 9.97 Å². The first-order valence-electron chi connectivity index (χ1n) is 10.2. The summed E-state index contributed by atoms with van der Waals surface area (Å²) in [5, 5.41) is 8.01. The average Bonchev–Trinajstić information content (AvgIpc) is 3.12. The van der Waals surface area contributed by atoms with Crippen molar-refractivity contribution >= 4 is 39.8 Å². The molecule has 2 aromatic heterocycles. The number of aryl methyl sites for hydroxylation is 3. The third-order valence-corrected chi connectivity index (χ3v) is 6.15. The maximum absolute atomic E-state index is 12.9. The summed E-state index contributed by atoms with van der Waals surface area (Å²) in [5.74, 6) is 0.387. The molecule has 2 heterocycles. The third kappa shape index (κ3) is 5.15. The van der Waals surface area contributed by atoms with E-state index in [4.69, 9.17) is 11.6 Å². The molecule has 0 aliphatic heterocycles. The van der Waals surface area contributed by atoms with Gasteiger partial charge < -0.3 is 10.6 Å². The number of hydrogen-bond acceptors (Lipinski definition) is 5. The topological polar surface area (TPSA) is 66.9 Å². The minimum absolute atomic E-state index is 0.147. The minimum atomic E-state index is -0.274. The standard InChI is InChI=1S/C25H23ClN4OS/c1-15-13-16(2)28-25(27-15)29-22(18-9-11-20(26)12-10-18)21-14-17(3)32-24(21)30-23(31)19-7-5-4-6-8-19/h4-14,22H,1-3H3,(H,30,31)(H,27,28,29)/t22-/m0/s1. The number of benzene rings is 2. The van der Waals surface area contributed by atoms with E-state index >= 15 is 0 Å². The number of amides is 1. The van der Waals surface area contributed by atoms with Crippen molar-refractivity contribution in [3.8, 4) is 0 Å². The Kier molecular flexibility index (Phi) is 6.53. The molecule has 5 nitrogen and oxygen atoms in total. The van der Waals surface area contributed by atoms with Crippen molar-refractivity contribution in [2.24, 2.45) is 0 Å². The van der Waals surface area contributed by atoms with E-state index in [1.165, 1.54) is 0 Å². The normalized spacial score (nSPS) is 11.8. The number of rotatable bonds is 6. The Morgan fingerprint density at radius 1 is 0.938 bits per heavy atom. The first kappa shape index (κ1) is 22.0. The van der Waals surface area contributed by atoms with Gasteiger partial charge in [-0.15, -0.1) is 11.3 Å². The van der Waals surface area contributed by atoms with E-state index in [2.05, 4.69) is 26.7 Å². The molecule has 0 radical (unpaired) electrons. The largest absolute Gasteiger partial charge is 0.343 e. The van der Waals surface area contributed by atoms with Crippen LogP contribution in [-0.4, -0.2) is 15.9 Å². The van der Waals surface area contributed by atoms with Crippen LogP contribution in [-0.2, 0) is 0 Å².